The first-order valence-corrected chi connectivity index (χ1v) is 8.89. The largest absolute Gasteiger partial charge is 0.396 e. The Kier molecular flexibility index (Phi) is 5.35. The molecule has 2 aromatic rings. The lowest BCUT2D eigenvalue weighted by Crippen LogP contribution is -2.39. The molecule has 1 aromatic heterocycles. The molecule has 1 aromatic carbocycles. The van der Waals surface area contributed by atoms with E-state index in [9.17, 15) is 4.79 Å². The normalized spacial score (nSPS) is 18.1. The number of carbonyl (C=O) groups excluding carboxylic acids is 1. The fourth-order valence-corrected chi connectivity index (χ4v) is 3.58. The van der Waals surface area contributed by atoms with Gasteiger partial charge in [0, 0.05) is 47.6 Å². The molecule has 1 unspecified atom stereocenters. The summed E-state index contributed by atoms with van der Waals surface area (Å²) in [5.74, 6) is 2.02. The summed E-state index contributed by atoms with van der Waals surface area (Å²) in [6, 6.07) is 7.64. The number of amides is 1. The van der Waals surface area contributed by atoms with Crippen molar-refractivity contribution in [2.75, 3.05) is 25.4 Å². The first kappa shape index (κ1) is 16.1. The highest BCUT2D eigenvalue weighted by Crippen LogP contribution is 2.26. The minimum atomic E-state index is 0.0833. The molecule has 5 nitrogen and oxygen atoms in total. The first-order chi connectivity index (χ1) is 11.3. The number of imidazole rings is 1. The van der Waals surface area contributed by atoms with Gasteiger partial charge in [-0.05, 0) is 37.1 Å². The Hall–Kier alpha value is -1.79. The number of aliphatic hydroxyl groups excluding tert-OH is 1. The van der Waals surface area contributed by atoms with E-state index in [1.165, 1.54) is 0 Å². The van der Waals surface area contributed by atoms with Gasteiger partial charge in [-0.1, -0.05) is 0 Å². The zero-order valence-electron chi connectivity index (χ0n) is 12.9. The van der Waals surface area contributed by atoms with Gasteiger partial charge in [0.1, 0.15) is 5.82 Å². The minimum absolute atomic E-state index is 0.0833. The molecular weight excluding hydrogens is 310 g/mol. The fourth-order valence-electron chi connectivity index (χ4n) is 2.93. The standard InChI is InChI=1S/C17H21N3O2S/c21-10-11-23-15-5-3-13(4-6-15)17(22)20-9-1-2-14(12-20)16-18-7-8-19-16/h3-8,14,21H,1-2,9-12H2,(H,18,19). The molecule has 1 aliphatic rings. The maximum absolute atomic E-state index is 12.7. The predicted molar refractivity (Wildman–Crippen MR) is 90.7 cm³/mol. The molecule has 3 rings (SSSR count). The van der Waals surface area contributed by atoms with E-state index in [0.29, 0.717) is 18.2 Å². The van der Waals surface area contributed by atoms with E-state index < -0.39 is 0 Å². The number of piperidine rings is 1. The molecule has 2 heterocycles. The summed E-state index contributed by atoms with van der Waals surface area (Å²) in [7, 11) is 0. The van der Waals surface area contributed by atoms with Gasteiger partial charge in [-0.25, -0.2) is 4.98 Å². The minimum Gasteiger partial charge on any atom is -0.396 e. The van der Waals surface area contributed by atoms with Crippen molar-refractivity contribution >= 4 is 17.7 Å². The molecule has 1 aliphatic heterocycles. The van der Waals surface area contributed by atoms with Crippen LogP contribution in [0.3, 0.4) is 0 Å². The summed E-state index contributed by atoms with van der Waals surface area (Å²) in [5, 5.41) is 8.85. The second kappa shape index (κ2) is 7.66. The van der Waals surface area contributed by atoms with Gasteiger partial charge in [0.2, 0.25) is 0 Å². The quantitative estimate of drug-likeness (QED) is 0.826. The van der Waals surface area contributed by atoms with E-state index in [-0.39, 0.29) is 12.5 Å². The van der Waals surface area contributed by atoms with Crippen molar-refractivity contribution in [3.05, 3.63) is 48.0 Å². The van der Waals surface area contributed by atoms with Crippen LogP contribution in [-0.4, -0.2) is 51.3 Å². The van der Waals surface area contributed by atoms with Gasteiger partial charge >= 0.3 is 0 Å². The van der Waals surface area contributed by atoms with Crippen molar-refractivity contribution in [3.63, 3.8) is 0 Å². The number of aromatic nitrogens is 2. The van der Waals surface area contributed by atoms with Gasteiger partial charge in [-0.3, -0.25) is 4.79 Å². The van der Waals surface area contributed by atoms with E-state index >= 15 is 0 Å². The van der Waals surface area contributed by atoms with Gasteiger partial charge in [0.25, 0.3) is 5.91 Å². The van der Waals surface area contributed by atoms with Crippen LogP contribution in [0, 0.1) is 0 Å². The number of hydrogen-bond donors (Lipinski definition) is 2. The molecule has 0 radical (unpaired) electrons. The maximum Gasteiger partial charge on any atom is 0.253 e. The van der Waals surface area contributed by atoms with E-state index in [0.717, 1.165) is 35.7 Å². The summed E-state index contributed by atoms with van der Waals surface area (Å²) in [6.07, 6.45) is 5.66. The molecule has 1 amide bonds. The monoisotopic (exact) mass is 331 g/mol. The third kappa shape index (κ3) is 3.95. The van der Waals surface area contributed by atoms with Crippen molar-refractivity contribution in [1.29, 1.82) is 0 Å². The zero-order valence-corrected chi connectivity index (χ0v) is 13.8. The van der Waals surface area contributed by atoms with Crippen LogP contribution >= 0.6 is 11.8 Å². The van der Waals surface area contributed by atoms with E-state index in [1.54, 1.807) is 18.0 Å². The second-order valence-corrected chi connectivity index (χ2v) is 6.83. The van der Waals surface area contributed by atoms with Crippen LogP contribution in [0.1, 0.15) is 34.9 Å². The van der Waals surface area contributed by atoms with Crippen LogP contribution in [0.4, 0.5) is 0 Å². The summed E-state index contributed by atoms with van der Waals surface area (Å²) < 4.78 is 0. The number of aliphatic hydroxyl groups is 1. The highest BCUT2D eigenvalue weighted by Gasteiger charge is 2.26. The zero-order chi connectivity index (χ0) is 16.1. The predicted octanol–water partition coefficient (Wildman–Crippen LogP) is 2.51. The molecule has 122 valence electrons. The van der Waals surface area contributed by atoms with Crippen molar-refractivity contribution in [2.45, 2.75) is 23.7 Å². The number of carbonyl (C=O) groups is 1. The number of rotatable bonds is 5. The molecule has 6 heteroatoms. The average molecular weight is 331 g/mol. The van der Waals surface area contributed by atoms with Crippen molar-refractivity contribution in [3.8, 4) is 0 Å². The van der Waals surface area contributed by atoms with E-state index in [4.69, 9.17) is 5.11 Å². The number of benzene rings is 1. The molecule has 2 N–H and O–H groups in total. The van der Waals surface area contributed by atoms with E-state index in [1.807, 2.05) is 35.4 Å². The van der Waals surface area contributed by atoms with Gasteiger partial charge < -0.3 is 15.0 Å². The van der Waals surface area contributed by atoms with Crippen LogP contribution in [0.5, 0.6) is 0 Å². The molecule has 0 spiro atoms. The molecular formula is C17H21N3O2S. The highest BCUT2D eigenvalue weighted by atomic mass is 32.2. The van der Waals surface area contributed by atoms with Crippen molar-refractivity contribution in [2.24, 2.45) is 0 Å². The van der Waals surface area contributed by atoms with Crippen LogP contribution in [-0.2, 0) is 0 Å². The van der Waals surface area contributed by atoms with Gasteiger partial charge in [-0.15, -0.1) is 11.8 Å². The Balaban J connectivity index is 1.65. The highest BCUT2D eigenvalue weighted by molar-refractivity contribution is 7.99. The molecule has 0 bridgehead atoms. The summed E-state index contributed by atoms with van der Waals surface area (Å²) in [4.78, 5) is 23.2. The molecule has 0 aliphatic carbocycles. The molecule has 0 saturated carbocycles. The molecule has 1 saturated heterocycles. The Morgan fingerprint density at radius 1 is 1.39 bits per heavy atom. The molecule has 23 heavy (non-hydrogen) atoms. The number of nitrogens with one attached hydrogen (secondary N) is 1. The third-order valence-electron chi connectivity index (χ3n) is 4.08. The SMILES string of the molecule is O=C(c1ccc(SCCO)cc1)N1CCCC(c2ncc[nH]2)C1. The topological polar surface area (TPSA) is 69.2 Å². The maximum atomic E-state index is 12.7. The number of H-pyrrole nitrogens is 1. The number of hydrogen-bond acceptors (Lipinski definition) is 4. The first-order valence-electron chi connectivity index (χ1n) is 7.90. The number of nitrogens with zero attached hydrogens (tertiary/aromatic N) is 2. The smallest absolute Gasteiger partial charge is 0.253 e. The molecule has 1 atom stereocenters. The summed E-state index contributed by atoms with van der Waals surface area (Å²) >= 11 is 1.59. The summed E-state index contributed by atoms with van der Waals surface area (Å²) in [6.45, 7) is 1.68. The average Bonchev–Trinajstić information content (AvgIpc) is 3.14. The van der Waals surface area contributed by atoms with Gasteiger partial charge in [-0.2, -0.15) is 0 Å². The third-order valence-corrected chi connectivity index (χ3v) is 5.07. The Bertz CT molecular complexity index is 628. The number of thioether (sulfide) groups is 1. The Labute approximate surface area is 140 Å². The number of aromatic amines is 1. The van der Waals surface area contributed by atoms with Crippen LogP contribution < -0.4 is 0 Å². The number of likely N-dealkylation sites (tertiary alicyclic amines) is 1. The Morgan fingerprint density at radius 2 is 2.22 bits per heavy atom. The van der Waals surface area contributed by atoms with E-state index in [2.05, 4.69) is 9.97 Å². The Morgan fingerprint density at radius 3 is 2.91 bits per heavy atom. The van der Waals surface area contributed by atoms with Crippen LogP contribution in [0.15, 0.2) is 41.6 Å². The lowest BCUT2D eigenvalue weighted by atomic mass is 9.96. The van der Waals surface area contributed by atoms with Gasteiger partial charge in [0.05, 0.1) is 6.61 Å². The second-order valence-electron chi connectivity index (χ2n) is 5.66. The summed E-state index contributed by atoms with van der Waals surface area (Å²) in [5.41, 5.74) is 0.721. The lowest BCUT2D eigenvalue weighted by molar-refractivity contribution is 0.0704. The van der Waals surface area contributed by atoms with Crippen molar-refractivity contribution in [1.82, 2.24) is 14.9 Å². The molecule has 1 fully saturated rings. The van der Waals surface area contributed by atoms with Gasteiger partial charge in [0.15, 0.2) is 0 Å². The lowest BCUT2D eigenvalue weighted by Gasteiger charge is -2.32. The van der Waals surface area contributed by atoms with Crippen molar-refractivity contribution < 1.29 is 9.90 Å². The van der Waals surface area contributed by atoms with Crippen LogP contribution in [0.2, 0.25) is 0 Å². The van der Waals surface area contributed by atoms with Crippen LogP contribution in [0.25, 0.3) is 0 Å². The fraction of sp³-hybridized carbons (Fsp3) is 0.412.